The number of fused-ring (bicyclic) bond motifs is 1. The van der Waals surface area contributed by atoms with E-state index in [2.05, 4.69) is 23.4 Å². The lowest BCUT2D eigenvalue weighted by Gasteiger charge is -2.16. The number of terminal acetylenes is 1. The molecule has 1 aliphatic heterocycles. The first-order valence-electron chi connectivity index (χ1n) is 4.19. The van der Waals surface area contributed by atoms with E-state index in [-0.39, 0.29) is 0 Å². The second-order valence-electron chi connectivity index (χ2n) is 3.05. The van der Waals surface area contributed by atoms with Crippen molar-refractivity contribution in [1.29, 1.82) is 0 Å². The molecule has 0 spiro atoms. The number of rotatable bonds is 0. The molecule has 0 bridgehead atoms. The first kappa shape index (κ1) is 7.39. The predicted molar refractivity (Wildman–Crippen MR) is 49.8 cm³/mol. The second-order valence-corrected chi connectivity index (χ2v) is 3.05. The van der Waals surface area contributed by atoms with Gasteiger partial charge in [0.1, 0.15) is 0 Å². The molecule has 12 heavy (non-hydrogen) atoms. The molecule has 1 aromatic carbocycles. The summed E-state index contributed by atoms with van der Waals surface area (Å²) >= 11 is 0. The highest BCUT2D eigenvalue weighted by molar-refractivity contribution is 5.40. The fourth-order valence-electron chi connectivity index (χ4n) is 1.57. The Morgan fingerprint density at radius 2 is 2.25 bits per heavy atom. The number of nitrogens with one attached hydrogen (secondary N) is 1. The zero-order valence-electron chi connectivity index (χ0n) is 6.93. The summed E-state index contributed by atoms with van der Waals surface area (Å²) in [5.41, 5.74) is 3.79. The van der Waals surface area contributed by atoms with E-state index < -0.39 is 0 Å². The molecule has 0 saturated heterocycles. The van der Waals surface area contributed by atoms with Gasteiger partial charge >= 0.3 is 0 Å². The quantitative estimate of drug-likeness (QED) is 0.560. The van der Waals surface area contributed by atoms with Crippen molar-refractivity contribution in [3.8, 4) is 12.3 Å². The second kappa shape index (κ2) is 3.00. The zero-order valence-corrected chi connectivity index (χ0v) is 6.93. The zero-order chi connectivity index (χ0) is 8.39. The molecule has 1 heteroatoms. The average molecular weight is 157 g/mol. The molecule has 1 N–H and O–H groups in total. The molecule has 0 radical (unpaired) electrons. The lowest BCUT2D eigenvalue weighted by molar-refractivity contribution is 0.643. The summed E-state index contributed by atoms with van der Waals surface area (Å²) in [6.45, 7) is 2.06. The van der Waals surface area contributed by atoms with Crippen LogP contribution in [0.15, 0.2) is 18.2 Å². The van der Waals surface area contributed by atoms with Crippen molar-refractivity contribution in [2.45, 2.75) is 13.0 Å². The van der Waals surface area contributed by atoms with E-state index in [4.69, 9.17) is 6.42 Å². The summed E-state index contributed by atoms with van der Waals surface area (Å²) in [6, 6.07) is 6.25. The third-order valence-corrected chi connectivity index (χ3v) is 2.26. The number of benzene rings is 1. The van der Waals surface area contributed by atoms with Crippen LogP contribution in [-0.4, -0.2) is 6.54 Å². The van der Waals surface area contributed by atoms with E-state index >= 15 is 0 Å². The number of hydrogen-bond donors (Lipinski definition) is 1. The van der Waals surface area contributed by atoms with Crippen molar-refractivity contribution < 1.29 is 0 Å². The monoisotopic (exact) mass is 157 g/mol. The Morgan fingerprint density at radius 3 is 3.08 bits per heavy atom. The van der Waals surface area contributed by atoms with Crippen LogP contribution in [0.3, 0.4) is 0 Å². The first-order chi connectivity index (χ1) is 5.90. The molecule has 0 amide bonds. The fraction of sp³-hybridized carbons (Fsp3) is 0.273. The van der Waals surface area contributed by atoms with Crippen LogP contribution in [0.4, 0.5) is 0 Å². The molecule has 0 aliphatic carbocycles. The molecule has 1 aliphatic rings. The van der Waals surface area contributed by atoms with Crippen LogP contribution in [0.2, 0.25) is 0 Å². The van der Waals surface area contributed by atoms with E-state index in [9.17, 15) is 0 Å². The van der Waals surface area contributed by atoms with Crippen molar-refractivity contribution in [2.75, 3.05) is 6.54 Å². The Balaban J connectivity index is 2.44. The highest BCUT2D eigenvalue weighted by atomic mass is 14.9. The standard InChI is InChI=1S/C11H11N/c1-2-9-3-4-11-8-12-6-5-10(11)7-9/h1,3-4,7,12H,5-6,8H2. The van der Waals surface area contributed by atoms with E-state index in [0.29, 0.717) is 0 Å². The molecular formula is C11H11N. The maximum atomic E-state index is 5.32. The molecule has 2 rings (SSSR count). The van der Waals surface area contributed by atoms with E-state index in [1.807, 2.05) is 6.07 Å². The van der Waals surface area contributed by atoms with Crippen LogP contribution >= 0.6 is 0 Å². The highest BCUT2D eigenvalue weighted by Gasteiger charge is 2.07. The van der Waals surface area contributed by atoms with Gasteiger partial charge in [0.05, 0.1) is 0 Å². The molecule has 1 aromatic rings. The minimum absolute atomic E-state index is 0.986. The topological polar surface area (TPSA) is 12.0 Å². The van der Waals surface area contributed by atoms with Crippen LogP contribution < -0.4 is 5.32 Å². The summed E-state index contributed by atoms with van der Waals surface area (Å²) in [6.07, 6.45) is 6.42. The summed E-state index contributed by atoms with van der Waals surface area (Å²) in [5, 5.41) is 3.33. The Labute approximate surface area is 72.8 Å². The molecule has 0 unspecified atom stereocenters. The van der Waals surface area contributed by atoms with Gasteiger partial charge in [-0.1, -0.05) is 12.0 Å². The normalized spacial score (nSPS) is 14.9. The van der Waals surface area contributed by atoms with Crippen LogP contribution in [0.25, 0.3) is 0 Å². The van der Waals surface area contributed by atoms with Gasteiger partial charge in [0.2, 0.25) is 0 Å². The van der Waals surface area contributed by atoms with Crippen molar-refractivity contribution in [3.63, 3.8) is 0 Å². The third-order valence-electron chi connectivity index (χ3n) is 2.26. The summed E-state index contributed by atoms with van der Waals surface area (Å²) < 4.78 is 0. The third kappa shape index (κ3) is 1.22. The highest BCUT2D eigenvalue weighted by Crippen LogP contribution is 2.14. The van der Waals surface area contributed by atoms with E-state index in [1.165, 1.54) is 11.1 Å². The van der Waals surface area contributed by atoms with Crippen molar-refractivity contribution >= 4 is 0 Å². The van der Waals surface area contributed by atoms with Crippen LogP contribution in [-0.2, 0) is 13.0 Å². The summed E-state index contributed by atoms with van der Waals surface area (Å²) in [7, 11) is 0. The van der Waals surface area contributed by atoms with Gasteiger partial charge in [0.15, 0.2) is 0 Å². The Morgan fingerprint density at radius 1 is 1.33 bits per heavy atom. The Bertz CT molecular complexity index is 333. The fourth-order valence-corrected chi connectivity index (χ4v) is 1.57. The molecule has 60 valence electrons. The lowest BCUT2D eigenvalue weighted by Crippen LogP contribution is -2.23. The van der Waals surface area contributed by atoms with Crippen molar-refractivity contribution in [3.05, 3.63) is 34.9 Å². The summed E-state index contributed by atoms with van der Waals surface area (Å²) in [5.74, 6) is 2.66. The minimum Gasteiger partial charge on any atom is -0.312 e. The maximum absolute atomic E-state index is 5.32. The molecule has 0 saturated carbocycles. The molecule has 0 aromatic heterocycles. The minimum atomic E-state index is 0.986. The van der Waals surface area contributed by atoms with Crippen LogP contribution in [0, 0.1) is 12.3 Å². The van der Waals surface area contributed by atoms with Crippen LogP contribution in [0.5, 0.6) is 0 Å². The molecule has 1 heterocycles. The van der Waals surface area contributed by atoms with Gasteiger partial charge in [-0.25, -0.2) is 0 Å². The first-order valence-corrected chi connectivity index (χ1v) is 4.19. The lowest BCUT2D eigenvalue weighted by atomic mass is 9.99. The Hall–Kier alpha value is -1.26. The van der Waals surface area contributed by atoms with Gasteiger partial charge in [-0.05, 0) is 36.2 Å². The van der Waals surface area contributed by atoms with Gasteiger partial charge < -0.3 is 5.32 Å². The average Bonchev–Trinajstić information content (AvgIpc) is 2.17. The van der Waals surface area contributed by atoms with Gasteiger partial charge in [-0.3, -0.25) is 0 Å². The summed E-state index contributed by atoms with van der Waals surface area (Å²) in [4.78, 5) is 0. The van der Waals surface area contributed by atoms with Gasteiger partial charge in [-0.15, -0.1) is 6.42 Å². The van der Waals surface area contributed by atoms with E-state index in [1.54, 1.807) is 0 Å². The SMILES string of the molecule is C#Cc1ccc2c(c1)CCNC2. The van der Waals surface area contributed by atoms with Crippen molar-refractivity contribution in [1.82, 2.24) is 5.32 Å². The van der Waals surface area contributed by atoms with Gasteiger partial charge in [0.25, 0.3) is 0 Å². The predicted octanol–water partition coefficient (Wildman–Crippen LogP) is 1.31. The maximum Gasteiger partial charge on any atom is 0.0245 e. The molecule has 0 fully saturated rings. The smallest absolute Gasteiger partial charge is 0.0245 e. The van der Waals surface area contributed by atoms with Crippen LogP contribution in [0.1, 0.15) is 16.7 Å². The van der Waals surface area contributed by atoms with Crippen molar-refractivity contribution in [2.24, 2.45) is 0 Å². The van der Waals surface area contributed by atoms with Gasteiger partial charge in [-0.2, -0.15) is 0 Å². The number of hydrogen-bond acceptors (Lipinski definition) is 1. The Kier molecular flexibility index (Phi) is 1.85. The van der Waals surface area contributed by atoms with Gasteiger partial charge in [0, 0.05) is 12.1 Å². The van der Waals surface area contributed by atoms with E-state index in [0.717, 1.165) is 25.1 Å². The molecule has 0 atom stereocenters. The molecular weight excluding hydrogens is 146 g/mol. The molecule has 1 nitrogen and oxygen atoms in total. The largest absolute Gasteiger partial charge is 0.312 e.